The number of carbonyl (C=O) groups excluding carboxylic acids is 1. The van der Waals surface area contributed by atoms with Crippen LogP contribution < -0.4 is 0 Å². The number of likely N-dealkylation sites (tertiary alicyclic amines) is 1. The normalized spacial score (nSPS) is 18.4. The van der Waals surface area contributed by atoms with Crippen molar-refractivity contribution in [3.63, 3.8) is 0 Å². The molecule has 0 bridgehead atoms. The van der Waals surface area contributed by atoms with E-state index in [0.29, 0.717) is 13.1 Å². The van der Waals surface area contributed by atoms with E-state index in [9.17, 15) is 9.18 Å². The topological polar surface area (TPSA) is 41.4 Å². The number of piperidine rings is 1. The van der Waals surface area contributed by atoms with Gasteiger partial charge in [0.15, 0.2) is 0 Å². The first-order valence-electron chi connectivity index (χ1n) is 10.5. The molecule has 0 aliphatic carbocycles. The first-order valence-corrected chi connectivity index (χ1v) is 10.5. The number of halogens is 1. The maximum absolute atomic E-state index is 13.4. The van der Waals surface area contributed by atoms with Crippen molar-refractivity contribution in [2.45, 2.75) is 24.9 Å². The minimum absolute atomic E-state index is 0.0965. The molecule has 0 atom stereocenters. The van der Waals surface area contributed by atoms with Crippen molar-refractivity contribution in [3.05, 3.63) is 78.0 Å². The fourth-order valence-corrected chi connectivity index (χ4v) is 4.91. The van der Waals surface area contributed by atoms with Crippen molar-refractivity contribution in [1.82, 2.24) is 19.4 Å². The van der Waals surface area contributed by atoms with Crippen LogP contribution in [0, 0.1) is 5.82 Å². The monoisotopic (exact) mass is 404 g/mol. The molecular formula is C24H25FN4O. The summed E-state index contributed by atoms with van der Waals surface area (Å²) in [6.07, 6.45) is 3.61. The lowest BCUT2D eigenvalue weighted by atomic mass is 9.83. The average molecular weight is 404 g/mol. The summed E-state index contributed by atoms with van der Waals surface area (Å²) in [6.45, 7) is 3.19. The standard InChI is InChI=1S/C24H25FN4O/c1-27-15-16-29-21(18-7-9-20(25)10-8-18)17-26-23(29)24(27)11-13-28(14-12-24)22(30)19-5-3-2-4-6-19/h2-10,17H,11-16H2,1H3. The highest BCUT2D eigenvalue weighted by Crippen LogP contribution is 2.41. The molecule has 0 radical (unpaired) electrons. The fraction of sp³-hybridized carbons (Fsp3) is 0.333. The Morgan fingerprint density at radius 2 is 1.67 bits per heavy atom. The molecule has 5 nitrogen and oxygen atoms in total. The van der Waals surface area contributed by atoms with E-state index in [1.807, 2.05) is 53.6 Å². The largest absolute Gasteiger partial charge is 0.338 e. The molecule has 1 aromatic heterocycles. The average Bonchev–Trinajstić information content (AvgIpc) is 3.23. The highest BCUT2D eigenvalue weighted by molar-refractivity contribution is 5.94. The second-order valence-corrected chi connectivity index (χ2v) is 8.24. The summed E-state index contributed by atoms with van der Waals surface area (Å²) in [5, 5.41) is 0. The SMILES string of the molecule is CN1CCn2c(-c3ccc(F)cc3)cnc2C12CCN(C(=O)c1ccccc1)CC2. The highest BCUT2D eigenvalue weighted by atomic mass is 19.1. The van der Waals surface area contributed by atoms with Crippen LogP contribution in [-0.4, -0.2) is 51.9 Å². The Kier molecular flexibility index (Phi) is 4.66. The maximum atomic E-state index is 13.4. The number of likely N-dealkylation sites (N-methyl/N-ethyl adjacent to an activating group) is 1. The van der Waals surface area contributed by atoms with Crippen LogP contribution in [0.15, 0.2) is 60.8 Å². The summed E-state index contributed by atoms with van der Waals surface area (Å²) in [4.78, 5) is 22.1. The van der Waals surface area contributed by atoms with Crippen molar-refractivity contribution in [3.8, 4) is 11.3 Å². The molecule has 6 heteroatoms. The van der Waals surface area contributed by atoms with Gasteiger partial charge in [0.05, 0.1) is 17.4 Å². The Labute approximate surface area is 175 Å². The van der Waals surface area contributed by atoms with E-state index >= 15 is 0 Å². The third-order valence-corrected chi connectivity index (χ3v) is 6.70. The minimum atomic E-state index is -0.233. The van der Waals surface area contributed by atoms with Crippen LogP contribution in [0.3, 0.4) is 0 Å². The number of carbonyl (C=O) groups is 1. The third kappa shape index (κ3) is 3.03. The van der Waals surface area contributed by atoms with Gasteiger partial charge in [-0.3, -0.25) is 9.69 Å². The molecule has 0 unspecified atom stereocenters. The minimum Gasteiger partial charge on any atom is -0.338 e. The summed E-state index contributed by atoms with van der Waals surface area (Å²) in [5.41, 5.74) is 2.57. The van der Waals surface area contributed by atoms with Gasteiger partial charge in [-0.1, -0.05) is 18.2 Å². The summed E-state index contributed by atoms with van der Waals surface area (Å²) in [6, 6.07) is 16.1. The van der Waals surface area contributed by atoms with E-state index in [4.69, 9.17) is 4.98 Å². The van der Waals surface area contributed by atoms with Gasteiger partial charge < -0.3 is 9.47 Å². The Morgan fingerprint density at radius 3 is 2.37 bits per heavy atom. The smallest absolute Gasteiger partial charge is 0.253 e. The summed E-state index contributed by atoms with van der Waals surface area (Å²) in [5.74, 6) is 0.922. The summed E-state index contributed by atoms with van der Waals surface area (Å²) < 4.78 is 15.6. The molecule has 1 saturated heterocycles. The van der Waals surface area contributed by atoms with Gasteiger partial charge in [-0.05, 0) is 61.9 Å². The van der Waals surface area contributed by atoms with Crippen LogP contribution in [0.2, 0.25) is 0 Å². The quantitative estimate of drug-likeness (QED) is 0.653. The predicted molar refractivity (Wildman–Crippen MR) is 114 cm³/mol. The molecule has 1 fully saturated rings. The molecule has 5 rings (SSSR count). The lowest BCUT2D eigenvalue weighted by molar-refractivity contribution is 0.0101. The molecular weight excluding hydrogens is 379 g/mol. The molecule has 2 aliphatic rings. The molecule has 2 aromatic carbocycles. The molecule has 0 saturated carbocycles. The zero-order valence-electron chi connectivity index (χ0n) is 17.1. The Balaban J connectivity index is 1.42. The van der Waals surface area contributed by atoms with Gasteiger partial charge in [0.1, 0.15) is 11.6 Å². The summed E-state index contributed by atoms with van der Waals surface area (Å²) in [7, 11) is 2.16. The first-order chi connectivity index (χ1) is 14.6. The number of imidazole rings is 1. The lowest BCUT2D eigenvalue weighted by Crippen LogP contribution is -2.57. The molecule has 0 N–H and O–H groups in total. The molecule has 1 amide bonds. The first kappa shape index (κ1) is 19.0. The van der Waals surface area contributed by atoms with Gasteiger partial charge in [-0.15, -0.1) is 0 Å². The van der Waals surface area contributed by atoms with Crippen LogP contribution in [0.1, 0.15) is 29.0 Å². The van der Waals surface area contributed by atoms with E-state index in [2.05, 4.69) is 16.5 Å². The van der Waals surface area contributed by atoms with Gasteiger partial charge in [0.2, 0.25) is 0 Å². The Hall–Kier alpha value is -2.99. The highest BCUT2D eigenvalue weighted by Gasteiger charge is 2.46. The van der Waals surface area contributed by atoms with Crippen LogP contribution in [0.25, 0.3) is 11.3 Å². The zero-order chi connectivity index (χ0) is 20.7. The third-order valence-electron chi connectivity index (χ3n) is 6.70. The number of nitrogens with zero attached hydrogens (tertiary/aromatic N) is 4. The van der Waals surface area contributed by atoms with Gasteiger partial charge in [-0.2, -0.15) is 0 Å². The van der Waals surface area contributed by atoms with Gasteiger partial charge >= 0.3 is 0 Å². The van der Waals surface area contributed by atoms with Crippen LogP contribution in [-0.2, 0) is 12.1 Å². The lowest BCUT2D eigenvalue weighted by Gasteiger charge is -2.49. The predicted octanol–water partition coefficient (Wildman–Crippen LogP) is 3.77. The number of amides is 1. The number of rotatable bonds is 2. The van der Waals surface area contributed by atoms with Gasteiger partial charge in [-0.25, -0.2) is 9.37 Å². The second-order valence-electron chi connectivity index (χ2n) is 8.24. The van der Waals surface area contributed by atoms with Crippen molar-refractivity contribution in [2.75, 3.05) is 26.7 Å². The van der Waals surface area contributed by atoms with Crippen LogP contribution in [0.4, 0.5) is 4.39 Å². The van der Waals surface area contributed by atoms with Crippen molar-refractivity contribution in [2.24, 2.45) is 0 Å². The summed E-state index contributed by atoms with van der Waals surface area (Å²) >= 11 is 0. The molecule has 1 spiro atoms. The van der Waals surface area contributed by atoms with Crippen molar-refractivity contribution < 1.29 is 9.18 Å². The van der Waals surface area contributed by atoms with Crippen molar-refractivity contribution >= 4 is 5.91 Å². The second kappa shape index (κ2) is 7.36. The number of hydrogen-bond acceptors (Lipinski definition) is 3. The molecule has 3 aromatic rings. The number of benzene rings is 2. The Morgan fingerprint density at radius 1 is 0.967 bits per heavy atom. The zero-order valence-corrected chi connectivity index (χ0v) is 17.1. The van der Waals surface area contributed by atoms with Gasteiger partial charge in [0, 0.05) is 31.7 Å². The maximum Gasteiger partial charge on any atom is 0.253 e. The van der Waals surface area contributed by atoms with Crippen molar-refractivity contribution in [1.29, 1.82) is 0 Å². The van der Waals surface area contributed by atoms with E-state index in [1.54, 1.807) is 0 Å². The molecule has 30 heavy (non-hydrogen) atoms. The van der Waals surface area contributed by atoms with E-state index < -0.39 is 0 Å². The molecule has 154 valence electrons. The fourth-order valence-electron chi connectivity index (χ4n) is 4.91. The number of hydrogen-bond donors (Lipinski definition) is 0. The number of fused-ring (bicyclic) bond motifs is 2. The van der Waals surface area contributed by atoms with Gasteiger partial charge in [0.25, 0.3) is 5.91 Å². The Bertz CT molecular complexity index is 1050. The van der Waals surface area contributed by atoms with Crippen LogP contribution in [0.5, 0.6) is 0 Å². The van der Waals surface area contributed by atoms with E-state index in [-0.39, 0.29) is 17.3 Å². The van der Waals surface area contributed by atoms with E-state index in [0.717, 1.165) is 48.6 Å². The van der Waals surface area contributed by atoms with E-state index in [1.165, 1.54) is 12.1 Å². The van der Waals surface area contributed by atoms with Crippen LogP contribution >= 0.6 is 0 Å². The molecule has 2 aliphatic heterocycles. The molecule has 3 heterocycles. The number of aromatic nitrogens is 2.